The first-order valence-corrected chi connectivity index (χ1v) is 7.79. The number of carbonyl (C=O) groups is 1. The molecule has 2 aromatic heterocycles. The SMILES string of the molecule is C[C@@H](NC(=O)/C(C#N)=C/c1c[nH]c2ncccc12)c1ccc(F)c(F)c1. The Labute approximate surface area is 148 Å². The first kappa shape index (κ1) is 17.3. The van der Waals surface area contributed by atoms with E-state index in [0.717, 1.165) is 17.5 Å². The summed E-state index contributed by atoms with van der Waals surface area (Å²) in [6.45, 7) is 1.62. The Morgan fingerprint density at radius 3 is 2.88 bits per heavy atom. The molecule has 26 heavy (non-hydrogen) atoms. The molecule has 0 unspecified atom stereocenters. The molecule has 0 saturated carbocycles. The van der Waals surface area contributed by atoms with Crippen LogP contribution in [0.5, 0.6) is 0 Å². The highest BCUT2D eigenvalue weighted by Crippen LogP contribution is 2.20. The van der Waals surface area contributed by atoms with Crippen LogP contribution in [0.15, 0.2) is 48.3 Å². The van der Waals surface area contributed by atoms with Gasteiger partial charge in [0.05, 0.1) is 6.04 Å². The fourth-order valence-corrected chi connectivity index (χ4v) is 2.54. The molecule has 2 N–H and O–H groups in total. The van der Waals surface area contributed by atoms with Crippen molar-refractivity contribution in [3.63, 3.8) is 0 Å². The number of hydrogen-bond acceptors (Lipinski definition) is 3. The lowest BCUT2D eigenvalue weighted by molar-refractivity contribution is -0.117. The zero-order valence-corrected chi connectivity index (χ0v) is 13.8. The van der Waals surface area contributed by atoms with Gasteiger partial charge in [0.1, 0.15) is 17.3 Å². The summed E-state index contributed by atoms with van der Waals surface area (Å²) >= 11 is 0. The van der Waals surface area contributed by atoms with E-state index in [1.807, 2.05) is 12.1 Å². The average molecular weight is 352 g/mol. The Morgan fingerprint density at radius 2 is 2.15 bits per heavy atom. The summed E-state index contributed by atoms with van der Waals surface area (Å²) in [6, 6.07) is 8.23. The zero-order valence-electron chi connectivity index (χ0n) is 13.8. The van der Waals surface area contributed by atoms with E-state index in [1.54, 1.807) is 25.4 Å². The van der Waals surface area contributed by atoms with Gasteiger partial charge in [-0.25, -0.2) is 13.8 Å². The highest BCUT2D eigenvalue weighted by Gasteiger charge is 2.16. The van der Waals surface area contributed by atoms with E-state index in [9.17, 15) is 18.8 Å². The van der Waals surface area contributed by atoms with E-state index in [0.29, 0.717) is 16.8 Å². The third-order valence-electron chi connectivity index (χ3n) is 3.94. The minimum absolute atomic E-state index is 0.107. The van der Waals surface area contributed by atoms with Gasteiger partial charge in [0.2, 0.25) is 0 Å². The minimum atomic E-state index is -0.994. The van der Waals surface area contributed by atoms with E-state index >= 15 is 0 Å². The lowest BCUT2D eigenvalue weighted by Crippen LogP contribution is -2.27. The average Bonchev–Trinajstić information content (AvgIpc) is 3.04. The van der Waals surface area contributed by atoms with Gasteiger partial charge in [-0.3, -0.25) is 4.79 Å². The monoisotopic (exact) mass is 352 g/mol. The Kier molecular flexibility index (Phi) is 4.76. The summed E-state index contributed by atoms with van der Waals surface area (Å²) in [4.78, 5) is 19.5. The van der Waals surface area contributed by atoms with E-state index in [-0.39, 0.29) is 5.57 Å². The zero-order chi connectivity index (χ0) is 18.7. The van der Waals surface area contributed by atoms with Crippen molar-refractivity contribution < 1.29 is 13.6 Å². The summed E-state index contributed by atoms with van der Waals surface area (Å²) in [7, 11) is 0. The summed E-state index contributed by atoms with van der Waals surface area (Å²) in [6.07, 6.45) is 4.74. The summed E-state index contributed by atoms with van der Waals surface area (Å²) in [5.74, 6) is -2.56. The number of hydrogen-bond donors (Lipinski definition) is 2. The number of pyridine rings is 1. The minimum Gasteiger partial charge on any atom is -0.346 e. The van der Waals surface area contributed by atoms with Crippen LogP contribution in [-0.2, 0) is 4.79 Å². The Balaban J connectivity index is 1.82. The third-order valence-corrected chi connectivity index (χ3v) is 3.94. The van der Waals surface area contributed by atoms with Gasteiger partial charge in [-0.05, 0) is 42.8 Å². The van der Waals surface area contributed by atoms with Gasteiger partial charge in [-0.15, -0.1) is 0 Å². The van der Waals surface area contributed by atoms with Crippen LogP contribution in [0.3, 0.4) is 0 Å². The van der Waals surface area contributed by atoms with E-state index in [4.69, 9.17) is 0 Å². The van der Waals surface area contributed by atoms with Gasteiger partial charge >= 0.3 is 0 Å². The molecule has 3 aromatic rings. The van der Waals surface area contributed by atoms with Crippen molar-refractivity contribution in [1.82, 2.24) is 15.3 Å². The van der Waals surface area contributed by atoms with Crippen molar-refractivity contribution in [3.05, 3.63) is 71.1 Å². The van der Waals surface area contributed by atoms with Gasteiger partial charge in [-0.2, -0.15) is 5.26 Å². The number of nitriles is 1. The molecule has 7 heteroatoms. The van der Waals surface area contributed by atoms with Crippen molar-refractivity contribution in [2.24, 2.45) is 0 Å². The van der Waals surface area contributed by atoms with E-state index in [1.165, 1.54) is 12.1 Å². The number of carbonyl (C=O) groups excluding carboxylic acids is 1. The predicted octanol–water partition coefficient (Wildman–Crippen LogP) is 3.63. The van der Waals surface area contributed by atoms with E-state index < -0.39 is 23.6 Å². The number of fused-ring (bicyclic) bond motifs is 1. The molecule has 0 aliphatic rings. The predicted molar refractivity (Wildman–Crippen MR) is 92.6 cm³/mol. The first-order valence-electron chi connectivity index (χ1n) is 7.79. The molecular formula is C19H14F2N4O. The van der Waals surface area contributed by atoms with Gasteiger partial charge < -0.3 is 10.3 Å². The van der Waals surface area contributed by atoms with Crippen molar-refractivity contribution >= 4 is 23.0 Å². The molecule has 0 fully saturated rings. The maximum atomic E-state index is 13.3. The summed E-state index contributed by atoms with van der Waals surface area (Å²) in [5.41, 5.74) is 1.59. The van der Waals surface area contributed by atoms with Crippen LogP contribution < -0.4 is 5.32 Å². The second-order valence-electron chi connectivity index (χ2n) is 5.68. The number of aromatic amines is 1. The molecule has 0 saturated heterocycles. The van der Waals surface area contributed by atoms with Crippen LogP contribution in [0.4, 0.5) is 8.78 Å². The highest BCUT2D eigenvalue weighted by molar-refractivity contribution is 6.03. The molecule has 1 aromatic carbocycles. The van der Waals surface area contributed by atoms with Crippen molar-refractivity contribution in [1.29, 1.82) is 5.26 Å². The van der Waals surface area contributed by atoms with Crippen LogP contribution >= 0.6 is 0 Å². The molecule has 0 aliphatic carbocycles. The smallest absolute Gasteiger partial charge is 0.262 e. The quantitative estimate of drug-likeness (QED) is 0.556. The van der Waals surface area contributed by atoms with Crippen LogP contribution in [0, 0.1) is 23.0 Å². The van der Waals surface area contributed by atoms with Crippen molar-refractivity contribution in [3.8, 4) is 6.07 Å². The number of aromatic nitrogens is 2. The topological polar surface area (TPSA) is 81.6 Å². The second-order valence-corrected chi connectivity index (χ2v) is 5.68. The lowest BCUT2D eigenvalue weighted by Gasteiger charge is -2.14. The summed E-state index contributed by atoms with van der Waals surface area (Å²) in [5, 5.41) is 12.7. The lowest BCUT2D eigenvalue weighted by atomic mass is 10.1. The maximum absolute atomic E-state index is 13.3. The summed E-state index contributed by atoms with van der Waals surface area (Å²) < 4.78 is 26.4. The normalized spacial score (nSPS) is 12.6. The standard InChI is InChI=1S/C19H14F2N4O/c1-11(12-4-5-16(20)17(21)8-12)25-19(26)13(9-22)7-14-10-24-18-15(14)3-2-6-23-18/h2-8,10-11H,1H3,(H,23,24)(H,25,26)/b13-7+/t11-/m1/s1. The first-order chi connectivity index (χ1) is 12.5. The number of nitrogens with one attached hydrogen (secondary N) is 2. The number of halogens is 2. The number of rotatable bonds is 4. The number of nitrogens with zero attached hydrogens (tertiary/aromatic N) is 2. The Morgan fingerprint density at radius 1 is 1.35 bits per heavy atom. The highest BCUT2D eigenvalue weighted by atomic mass is 19.2. The van der Waals surface area contributed by atoms with E-state index in [2.05, 4.69) is 15.3 Å². The molecule has 2 heterocycles. The molecule has 0 spiro atoms. The molecule has 0 radical (unpaired) electrons. The molecular weight excluding hydrogens is 338 g/mol. The molecule has 3 rings (SSSR count). The number of amides is 1. The molecule has 1 amide bonds. The number of benzene rings is 1. The Hall–Kier alpha value is -3.53. The molecule has 130 valence electrons. The van der Waals surface area contributed by atoms with Crippen LogP contribution in [0.2, 0.25) is 0 Å². The van der Waals surface area contributed by atoms with Crippen LogP contribution in [-0.4, -0.2) is 15.9 Å². The van der Waals surface area contributed by atoms with Gasteiger partial charge in [0.25, 0.3) is 5.91 Å². The molecule has 5 nitrogen and oxygen atoms in total. The molecule has 1 atom stereocenters. The Bertz CT molecular complexity index is 1050. The van der Waals surface area contributed by atoms with Crippen LogP contribution in [0.1, 0.15) is 24.1 Å². The van der Waals surface area contributed by atoms with Crippen LogP contribution in [0.25, 0.3) is 17.1 Å². The molecule has 0 bridgehead atoms. The third kappa shape index (κ3) is 3.44. The van der Waals surface area contributed by atoms with Crippen molar-refractivity contribution in [2.75, 3.05) is 0 Å². The van der Waals surface area contributed by atoms with Gasteiger partial charge in [0.15, 0.2) is 11.6 Å². The van der Waals surface area contributed by atoms with Crippen molar-refractivity contribution in [2.45, 2.75) is 13.0 Å². The largest absolute Gasteiger partial charge is 0.346 e. The fourth-order valence-electron chi connectivity index (χ4n) is 2.54. The fraction of sp³-hybridized carbons (Fsp3) is 0.105. The molecule has 0 aliphatic heterocycles. The van der Waals surface area contributed by atoms with Gasteiger partial charge in [0, 0.05) is 23.3 Å². The maximum Gasteiger partial charge on any atom is 0.262 e. The number of H-pyrrole nitrogens is 1. The van der Waals surface area contributed by atoms with Gasteiger partial charge in [-0.1, -0.05) is 6.07 Å². The second kappa shape index (κ2) is 7.15.